The number of aliphatic hydroxyl groups is 1. The van der Waals surface area contributed by atoms with Crippen LogP contribution in [-0.4, -0.2) is 70.2 Å². The van der Waals surface area contributed by atoms with Gasteiger partial charge in [0.15, 0.2) is 5.13 Å². The number of rotatable bonds is 12. The van der Waals surface area contributed by atoms with E-state index in [1.165, 1.54) is 32.1 Å². The second-order valence-electron chi connectivity index (χ2n) is 6.49. The number of nitrogens with zero attached hydrogens (tertiary/aromatic N) is 1. The number of anilines is 1. The van der Waals surface area contributed by atoms with Crippen LogP contribution in [0.5, 0.6) is 0 Å². The van der Waals surface area contributed by atoms with E-state index in [-0.39, 0.29) is 12.5 Å². The average molecular weight is 445 g/mol. The zero-order valence-electron chi connectivity index (χ0n) is 17.0. The van der Waals surface area contributed by atoms with Gasteiger partial charge in [0, 0.05) is 19.3 Å². The van der Waals surface area contributed by atoms with E-state index in [0.29, 0.717) is 24.6 Å². The first-order valence-corrected chi connectivity index (χ1v) is 10.1. The molecule has 1 aromatic rings. The van der Waals surface area contributed by atoms with Crippen LogP contribution in [-0.2, 0) is 21.0 Å². The minimum Gasteiger partial charge on any atom is -0.465 e. The Morgan fingerprint density at radius 1 is 0.967 bits per heavy atom. The van der Waals surface area contributed by atoms with Crippen molar-refractivity contribution in [1.29, 1.82) is 0 Å². The quantitative estimate of drug-likeness (QED) is 0.205. The maximum absolute atomic E-state index is 12.1. The van der Waals surface area contributed by atoms with Crippen molar-refractivity contribution in [2.75, 3.05) is 18.4 Å². The van der Waals surface area contributed by atoms with Gasteiger partial charge in [-0.05, 0) is 27.2 Å². The normalized spacial score (nSPS) is 13.5. The van der Waals surface area contributed by atoms with Gasteiger partial charge in [0.2, 0.25) is 17.7 Å². The van der Waals surface area contributed by atoms with Crippen LogP contribution in [0.3, 0.4) is 0 Å². The number of thiazole rings is 1. The van der Waals surface area contributed by atoms with Gasteiger partial charge in [-0.1, -0.05) is 11.3 Å². The molecule has 1 aromatic heterocycles. The molecular formula is C17H28N6O6S. The largest absolute Gasteiger partial charge is 0.465 e. The summed E-state index contributed by atoms with van der Waals surface area (Å²) in [5.74, 6) is -1.60. The Balaban J connectivity index is 2.27. The summed E-state index contributed by atoms with van der Waals surface area (Å²) in [4.78, 5) is 51.4. The lowest BCUT2D eigenvalue weighted by atomic mass is 10.2. The minimum absolute atomic E-state index is 0.0560. The van der Waals surface area contributed by atoms with Gasteiger partial charge in [0.05, 0.1) is 11.5 Å². The molecule has 12 nitrogen and oxygen atoms in total. The second kappa shape index (κ2) is 12.6. The summed E-state index contributed by atoms with van der Waals surface area (Å²) in [6.45, 7) is 5.19. The number of nitrogens with one attached hydrogen (secondary N) is 5. The fourth-order valence-corrected chi connectivity index (χ4v) is 2.87. The molecule has 0 saturated heterocycles. The number of amides is 4. The van der Waals surface area contributed by atoms with E-state index >= 15 is 0 Å². The van der Waals surface area contributed by atoms with Crippen molar-refractivity contribution < 1.29 is 29.4 Å². The van der Waals surface area contributed by atoms with Crippen molar-refractivity contribution >= 4 is 40.3 Å². The third kappa shape index (κ3) is 9.05. The van der Waals surface area contributed by atoms with Crippen LogP contribution in [0.25, 0.3) is 0 Å². The van der Waals surface area contributed by atoms with Gasteiger partial charge < -0.3 is 36.8 Å². The summed E-state index contributed by atoms with van der Waals surface area (Å²) in [6.07, 6.45) is 0.865. The van der Waals surface area contributed by atoms with E-state index in [1.54, 1.807) is 6.20 Å². The number of aromatic nitrogens is 1. The van der Waals surface area contributed by atoms with Gasteiger partial charge in [-0.15, -0.1) is 0 Å². The molecule has 0 unspecified atom stereocenters. The lowest BCUT2D eigenvalue weighted by Crippen LogP contribution is -2.54. The Morgan fingerprint density at radius 3 is 2.07 bits per heavy atom. The Morgan fingerprint density at radius 2 is 1.53 bits per heavy atom. The molecular weight excluding hydrogens is 416 g/mol. The van der Waals surface area contributed by atoms with E-state index in [1.807, 2.05) is 5.32 Å². The van der Waals surface area contributed by atoms with Gasteiger partial charge in [0.1, 0.15) is 18.1 Å². The van der Waals surface area contributed by atoms with Crippen molar-refractivity contribution in [3.05, 3.63) is 11.1 Å². The Hall–Kier alpha value is -2.93. The highest BCUT2D eigenvalue weighted by atomic mass is 32.1. The maximum Gasteiger partial charge on any atom is 0.405 e. The summed E-state index contributed by atoms with van der Waals surface area (Å²) in [5.41, 5.74) is 0. The average Bonchev–Trinajstić information content (AvgIpc) is 3.14. The molecule has 0 saturated carbocycles. The molecule has 4 amide bonds. The van der Waals surface area contributed by atoms with E-state index < -0.39 is 36.0 Å². The van der Waals surface area contributed by atoms with Crippen LogP contribution >= 0.6 is 11.3 Å². The molecule has 0 aromatic carbocycles. The van der Waals surface area contributed by atoms with Crippen molar-refractivity contribution in [3.63, 3.8) is 0 Å². The summed E-state index contributed by atoms with van der Waals surface area (Å²) >= 11 is 1.35. The van der Waals surface area contributed by atoms with Gasteiger partial charge >= 0.3 is 6.09 Å². The standard InChI is InChI=1S/C17H28N6O6S/c1-9(21-14(26)10(2)22-15(27)11(3)23-17(28)29)13(25)18-5-4-6-19-16-20-7-12(8-24)30-16/h7,9-11,23-24H,4-6,8H2,1-3H3,(H,18,25)(H,19,20)(H,21,26)(H,22,27)(H,28,29)/t9-,10-,11-/m0/s1. The fraction of sp³-hybridized carbons (Fsp3) is 0.588. The predicted octanol–water partition coefficient (Wildman–Crippen LogP) is -0.781. The molecule has 168 valence electrons. The SMILES string of the molecule is C[C@H](NC(=O)O)C(=O)N[C@@H](C)C(=O)N[C@@H](C)C(=O)NCCCNc1ncc(CO)s1. The Bertz CT molecular complexity index is 742. The Kier molecular flexibility index (Phi) is 10.5. The molecule has 30 heavy (non-hydrogen) atoms. The van der Waals surface area contributed by atoms with Gasteiger partial charge in [-0.3, -0.25) is 14.4 Å². The van der Waals surface area contributed by atoms with E-state index in [2.05, 4.69) is 26.3 Å². The molecule has 0 fully saturated rings. The number of carboxylic acid groups (broad SMARTS) is 1. The summed E-state index contributed by atoms with van der Waals surface area (Å²) in [5, 5.41) is 30.9. The van der Waals surface area contributed by atoms with Crippen LogP contribution in [0.4, 0.5) is 9.93 Å². The molecule has 0 radical (unpaired) electrons. The zero-order chi connectivity index (χ0) is 22.7. The molecule has 0 aliphatic carbocycles. The number of hydrogen-bond donors (Lipinski definition) is 7. The zero-order valence-corrected chi connectivity index (χ0v) is 17.8. The summed E-state index contributed by atoms with van der Waals surface area (Å²) < 4.78 is 0. The monoisotopic (exact) mass is 444 g/mol. The highest BCUT2D eigenvalue weighted by molar-refractivity contribution is 7.15. The molecule has 0 aliphatic rings. The fourth-order valence-electron chi connectivity index (χ4n) is 2.17. The van der Waals surface area contributed by atoms with E-state index in [0.717, 1.165) is 4.88 Å². The molecule has 3 atom stereocenters. The lowest BCUT2D eigenvalue weighted by Gasteiger charge is -2.20. The summed E-state index contributed by atoms with van der Waals surface area (Å²) in [6, 6.07) is -2.78. The highest BCUT2D eigenvalue weighted by Crippen LogP contribution is 2.17. The predicted molar refractivity (Wildman–Crippen MR) is 110 cm³/mol. The molecule has 1 heterocycles. The van der Waals surface area contributed by atoms with Crippen molar-refractivity contribution in [2.45, 2.75) is 51.9 Å². The van der Waals surface area contributed by atoms with Crippen LogP contribution in [0, 0.1) is 0 Å². The minimum atomic E-state index is -1.35. The van der Waals surface area contributed by atoms with Gasteiger partial charge in [-0.25, -0.2) is 9.78 Å². The topological polar surface area (TPSA) is 182 Å². The number of aliphatic hydroxyl groups excluding tert-OH is 1. The van der Waals surface area contributed by atoms with Crippen molar-refractivity contribution in [1.82, 2.24) is 26.3 Å². The molecule has 1 rings (SSSR count). The first-order chi connectivity index (χ1) is 14.1. The first kappa shape index (κ1) is 25.1. The summed E-state index contributed by atoms with van der Waals surface area (Å²) in [7, 11) is 0. The van der Waals surface area contributed by atoms with E-state index in [4.69, 9.17) is 10.2 Å². The van der Waals surface area contributed by atoms with Crippen LogP contribution in [0.1, 0.15) is 32.1 Å². The maximum atomic E-state index is 12.1. The lowest BCUT2D eigenvalue weighted by molar-refractivity contribution is -0.131. The van der Waals surface area contributed by atoms with Gasteiger partial charge in [-0.2, -0.15) is 0 Å². The highest BCUT2D eigenvalue weighted by Gasteiger charge is 2.23. The molecule has 13 heteroatoms. The van der Waals surface area contributed by atoms with Crippen molar-refractivity contribution in [3.8, 4) is 0 Å². The molecule has 0 bridgehead atoms. The Labute approximate surface area is 177 Å². The van der Waals surface area contributed by atoms with E-state index in [9.17, 15) is 19.2 Å². The van der Waals surface area contributed by atoms with Crippen LogP contribution in [0.15, 0.2) is 6.20 Å². The molecule has 7 N–H and O–H groups in total. The number of hydrogen-bond acceptors (Lipinski definition) is 8. The first-order valence-electron chi connectivity index (χ1n) is 9.31. The second-order valence-corrected chi connectivity index (χ2v) is 7.61. The smallest absolute Gasteiger partial charge is 0.405 e. The number of carbonyl (C=O) groups excluding carboxylic acids is 3. The van der Waals surface area contributed by atoms with Crippen LogP contribution < -0.4 is 26.6 Å². The molecule has 0 spiro atoms. The third-order valence-electron chi connectivity index (χ3n) is 3.88. The number of carbonyl (C=O) groups is 4. The third-order valence-corrected chi connectivity index (χ3v) is 4.82. The van der Waals surface area contributed by atoms with Crippen LogP contribution in [0.2, 0.25) is 0 Å². The van der Waals surface area contributed by atoms with Crippen molar-refractivity contribution in [2.24, 2.45) is 0 Å². The molecule has 0 aliphatic heterocycles. The van der Waals surface area contributed by atoms with Gasteiger partial charge in [0.25, 0.3) is 0 Å².